The molecule has 1 N–H and O–H groups in total. The van der Waals surface area contributed by atoms with Gasteiger partial charge in [0.2, 0.25) is 5.91 Å². The molecule has 1 aromatic carbocycles. The molecule has 4 unspecified atom stereocenters. The summed E-state index contributed by atoms with van der Waals surface area (Å²) in [5, 5.41) is 3.11. The first kappa shape index (κ1) is 14.9. The summed E-state index contributed by atoms with van der Waals surface area (Å²) in [6.07, 6.45) is 3.21. The van der Waals surface area contributed by atoms with Crippen LogP contribution in [0.3, 0.4) is 0 Å². The Balaban J connectivity index is 1.57. The first-order valence-electron chi connectivity index (χ1n) is 8.07. The normalized spacial score (nSPS) is 27.7. The molecular formula is C18H24ClNO. The summed E-state index contributed by atoms with van der Waals surface area (Å²) in [7, 11) is 0. The van der Waals surface area contributed by atoms with E-state index in [1.54, 1.807) is 0 Å². The Kier molecular flexibility index (Phi) is 4.26. The second-order valence-corrected chi connectivity index (χ2v) is 7.54. The molecule has 114 valence electrons. The topological polar surface area (TPSA) is 29.1 Å². The van der Waals surface area contributed by atoms with E-state index in [0.29, 0.717) is 24.3 Å². The molecule has 0 aromatic heterocycles. The number of nitrogens with one attached hydrogen (secondary N) is 1. The van der Waals surface area contributed by atoms with Crippen LogP contribution < -0.4 is 5.32 Å². The van der Waals surface area contributed by atoms with E-state index in [1.165, 1.54) is 11.1 Å². The van der Waals surface area contributed by atoms with E-state index in [1.807, 2.05) is 0 Å². The van der Waals surface area contributed by atoms with Crippen LogP contribution in [-0.4, -0.2) is 17.8 Å². The predicted molar refractivity (Wildman–Crippen MR) is 86.6 cm³/mol. The Bertz CT molecular complexity index is 528. The average Bonchev–Trinajstić information content (AvgIpc) is 3.19. The SMILES string of the molecule is CC(C)CC(Cl)CNC(=O)C1C2CCc3ccccc3C21. The third kappa shape index (κ3) is 3.11. The molecule has 0 heterocycles. The molecule has 1 saturated carbocycles. The molecule has 3 rings (SSSR count). The number of fused-ring (bicyclic) bond motifs is 3. The van der Waals surface area contributed by atoms with Crippen LogP contribution in [0.4, 0.5) is 0 Å². The molecule has 1 fully saturated rings. The van der Waals surface area contributed by atoms with Gasteiger partial charge in [-0.05, 0) is 48.1 Å². The molecule has 0 bridgehead atoms. The number of amides is 1. The zero-order valence-electron chi connectivity index (χ0n) is 12.8. The van der Waals surface area contributed by atoms with E-state index in [0.717, 1.165) is 19.3 Å². The molecule has 1 amide bonds. The van der Waals surface area contributed by atoms with Crippen molar-refractivity contribution in [2.24, 2.45) is 17.8 Å². The molecule has 1 aromatic rings. The highest BCUT2D eigenvalue weighted by molar-refractivity contribution is 6.20. The molecule has 0 radical (unpaired) electrons. The fraction of sp³-hybridized carbons (Fsp3) is 0.611. The van der Waals surface area contributed by atoms with Gasteiger partial charge >= 0.3 is 0 Å². The number of hydrogen-bond donors (Lipinski definition) is 1. The molecule has 2 nitrogen and oxygen atoms in total. The van der Waals surface area contributed by atoms with Crippen molar-refractivity contribution >= 4 is 17.5 Å². The first-order valence-corrected chi connectivity index (χ1v) is 8.51. The van der Waals surface area contributed by atoms with Crippen LogP contribution in [0.2, 0.25) is 0 Å². The number of carbonyl (C=O) groups excluding carboxylic acids is 1. The predicted octanol–water partition coefficient (Wildman–Crippen LogP) is 3.73. The Morgan fingerprint density at radius 1 is 1.38 bits per heavy atom. The first-order chi connectivity index (χ1) is 10.1. The van der Waals surface area contributed by atoms with Crippen LogP contribution in [-0.2, 0) is 11.2 Å². The summed E-state index contributed by atoms with van der Waals surface area (Å²) in [5.74, 6) is 1.96. The fourth-order valence-corrected chi connectivity index (χ4v) is 4.28. The lowest BCUT2D eigenvalue weighted by Crippen LogP contribution is -2.32. The van der Waals surface area contributed by atoms with Gasteiger partial charge < -0.3 is 5.32 Å². The lowest BCUT2D eigenvalue weighted by atomic mass is 9.92. The highest BCUT2D eigenvalue weighted by Gasteiger charge is 2.56. The summed E-state index contributed by atoms with van der Waals surface area (Å²) in [5.41, 5.74) is 2.84. The van der Waals surface area contributed by atoms with Gasteiger partial charge in [-0.3, -0.25) is 4.79 Å². The van der Waals surface area contributed by atoms with Crippen molar-refractivity contribution in [3.8, 4) is 0 Å². The summed E-state index contributed by atoms with van der Waals surface area (Å²) in [6.45, 7) is 4.91. The molecular weight excluding hydrogens is 282 g/mol. The number of halogens is 1. The average molecular weight is 306 g/mol. The molecule has 2 aliphatic rings. The zero-order chi connectivity index (χ0) is 15.0. The van der Waals surface area contributed by atoms with Crippen molar-refractivity contribution in [2.75, 3.05) is 6.54 Å². The molecule has 3 heteroatoms. The van der Waals surface area contributed by atoms with E-state index in [2.05, 4.69) is 43.4 Å². The van der Waals surface area contributed by atoms with Crippen molar-refractivity contribution in [3.05, 3.63) is 35.4 Å². The van der Waals surface area contributed by atoms with Crippen LogP contribution in [0.15, 0.2) is 24.3 Å². The molecule has 0 aliphatic heterocycles. The van der Waals surface area contributed by atoms with Gasteiger partial charge in [-0.25, -0.2) is 0 Å². The highest BCUT2D eigenvalue weighted by Crippen LogP contribution is 2.59. The van der Waals surface area contributed by atoms with E-state index in [4.69, 9.17) is 11.6 Å². The monoisotopic (exact) mass is 305 g/mol. The summed E-state index contributed by atoms with van der Waals surface area (Å²) < 4.78 is 0. The minimum absolute atomic E-state index is 0.0435. The van der Waals surface area contributed by atoms with Crippen LogP contribution in [0.5, 0.6) is 0 Å². The molecule has 2 aliphatic carbocycles. The van der Waals surface area contributed by atoms with Gasteiger partial charge in [-0.15, -0.1) is 11.6 Å². The van der Waals surface area contributed by atoms with Crippen LogP contribution in [0.25, 0.3) is 0 Å². The van der Waals surface area contributed by atoms with Crippen molar-refractivity contribution in [2.45, 2.75) is 44.4 Å². The second kappa shape index (κ2) is 6.00. The largest absolute Gasteiger partial charge is 0.354 e. The smallest absolute Gasteiger partial charge is 0.224 e. The summed E-state index contributed by atoms with van der Waals surface area (Å²) in [6, 6.07) is 8.59. The minimum Gasteiger partial charge on any atom is -0.354 e. The van der Waals surface area contributed by atoms with Crippen LogP contribution in [0, 0.1) is 17.8 Å². The van der Waals surface area contributed by atoms with Gasteiger partial charge in [-0.1, -0.05) is 38.1 Å². The maximum Gasteiger partial charge on any atom is 0.224 e. The number of aryl methyl sites for hydroxylation is 1. The minimum atomic E-state index is 0.0435. The zero-order valence-corrected chi connectivity index (χ0v) is 13.6. The van der Waals surface area contributed by atoms with Gasteiger partial charge in [0, 0.05) is 12.5 Å². The molecule has 0 spiro atoms. The van der Waals surface area contributed by atoms with Gasteiger partial charge in [0.1, 0.15) is 0 Å². The van der Waals surface area contributed by atoms with Crippen LogP contribution >= 0.6 is 11.6 Å². The quantitative estimate of drug-likeness (QED) is 0.825. The fourth-order valence-electron chi connectivity index (χ4n) is 3.85. The Hall–Kier alpha value is -1.02. The second-order valence-electron chi connectivity index (χ2n) is 6.92. The van der Waals surface area contributed by atoms with E-state index in [-0.39, 0.29) is 17.2 Å². The van der Waals surface area contributed by atoms with Crippen molar-refractivity contribution < 1.29 is 4.79 Å². The van der Waals surface area contributed by atoms with E-state index < -0.39 is 0 Å². The summed E-state index contributed by atoms with van der Waals surface area (Å²) in [4.78, 5) is 12.4. The van der Waals surface area contributed by atoms with Crippen molar-refractivity contribution in [3.63, 3.8) is 0 Å². The number of carbonyl (C=O) groups is 1. The number of alkyl halides is 1. The number of hydrogen-bond acceptors (Lipinski definition) is 1. The van der Waals surface area contributed by atoms with Crippen LogP contribution in [0.1, 0.15) is 43.7 Å². The number of rotatable bonds is 5. The Morgan fingerprint density at radius 2 is 2.14 bits per heavy atom. The third-order valence-corrected chi connectivity index (χ3v) is 5.19. The van der Waals surface area contributed by atoms with E-state index >= 15 is 0 Å². The molecule has 4 atom stereocenters. The maximum atomic E-state index is 12.4. The lowest BCUT2D eigenvalue weighted by Gasteiger charge is -2.13. The van der Waals surface area contributed by atoms with Gasteiger partial charge in [0.25, 0.3) is 0 Å². The summed E-state index contributed by atoms with van der Waals surface area (Å²) >= 11 is 6.26. The molecule has 21 heavy (non-hydrogen) atoms. The molecule has 0 saturated heterocycles. The maximum absolute atomic E-state index is 12.4. The van der Waals surface area contributed by atoms with Crippen molar-refractivity contribution in [1.82, 2.24) is 5.32 Å². The standard InChI is InChI=1S/C18H24ClNO/c1-11(2)9-13(19)10-20-18(21)17-15-8-7-12-5-3-4-6-14(12)16(15)17/h3-6,11,13,15-17H,7-10H2,1-2H3,(H,20,21). The van der Waals surface area contributed by atoms with Gasteiger partial charge in [0.05, 0.1) is 5.38 Å². The Labute approximate surface area is 132 Å². The highest BCUT2D eigenvalue weighted by atomic mass is 35.5. The third-order valence-electron chi connectivity index (χ3n) is 4.86. The Morgan fingerprint density at radius 3 is 2.90 bits per heavy atom. The van der Waals surface area contributed by atoms with Crippen molar-refractivity contribution in [1.29, 1.82) is 0 Å². The van der Waals surface area contributed by atoms with E-state index in [9.17, 15) is 4.79 Å². The lowest BCUT2D eigenvalue weighted by molar-refractivity contribution is -0.122. The van der Waals surface area contributed by atoms with Gasteiger partial charge in [-0.2, -0.15) is 0 Å². The number of benzene rings is 1. The van der Waals surface area contributed by atoms with Gasteiger partial charge in [0.15, 0.2) is 0 Å².